The number of unbranched alkanes of at least 4 members (excludes halogenated alkanes) is 2. The van der Waals surface area contributed by atoms with Gasteiger partial charge in [-0.3, -0.25) is 0 Å². The molecule has 0 atom stereocenters. The second kappa shape index (κ2) is 9.80. The Labute approximate surface area is 114 Å². The maximum atomic E-state index is 8.98. The van der Waals surface area contributed by atoms with Gasteiger partial charge in [-0.15, -0.1) is 0 Å². The summed E-state index contributed by atoms with van der Waals surface area (Å²) in [5.74, 6) is 1.93. The van der Waals surface area contributed by atoms with Gasteiger partial charge in [0.05, 0.1) is 6.61 Å². The Kier molecular flexibility index (Phi) is 8.70. The molecular formula is C16H33NO. The molecule has 0 saturated carbocycles. The molecule has 1 aliphatic heterocycles. The molecule has 1 fully saturated rings. The van der Waals surface area contributed by atoms with Gasteiger partial charge in [-0.2, -0.15) is 0 Å². The Morgan fingerprint density at radius 3 is 2.06 bits per heavy atom. The summed E-state index contributed by atoms with van der Waals surface area (Å²) in [5.41, 5.74) is 0. The molecule has 0 spiro atoms. The lowest BCUT2D eigenvalue weighted by atomic mass is 9.78. The molecule has 1 rings (SSSR count). The molecular weight excluding hydrogens is 222 g/mol. The number of β-amino-alcohol motifs (C(OH)–C–C–N with tert-alkyl or cyclic N) is 1. The molecule has 1 heterocycles. The van der Waals surface area contributed by atoms with Gasteiger partial charge in [-0.25, -0.2) is 0 Å². The van der Waals surface area contributed by atoms with Gasteiger partial charge in [-0.05, 0) is 37.8 Å². The minimum atomic E-state index is 0.319. The van der Waals surface area contributed by atoms with E-state index in [4.69, 9.17) is 5.11 Å². The molecule has 0 aromatic heterocycles. The zero-order chi connectivity index (χ0) is 13.2. The van der Waals surface area contributed by atoms with Crippen LogP contribution in [-0.4, -0.2) is 36.2 Å². The highest BCUT2D eigenvalue weighted by atomic mass is 16.3. The third-order valence-corrected chi connectivity index (χ3v) is 4.57. The maximum absolute atomic E-state index is 8.98. The molecule has 0 radical (unpaired) electrons. The topological polar surface area (TPSA) is 23.5 Å². The van der Waals surface area contributed by atoms with Gasteiger partial charge in [-0.1, -0.05) is 52.4 Å². The Hall–Kier alpha value is -0.0800. The Bertz CT molecular complexity index is 180. The van der Waals surface area contributed by atoms with Gasteiger partial charge < -0.3 is 10.0 Å². The number of hydrogen-bond donors (Lipinski definition) is 1. The predicted octanol–water partition coefficient (Wildman–Crippen LogP) is 3.69. The third kappa shape index (κ3) is 5.71. The summed E-state index contributed by atoms with van der Waals surface area (Å²) in [6.07, 6.45) is 11.1. The molecule has 0 aliphatic carbocycles. The van der Waals surface area contributed by atoms with Crippen LogP contribution in [0.15, 0.2) is 0 Å². The zero-order valence-electron chi connectivity index (χ0n) is 12.5. The van der Waals surface area contributed by atoms with Gasteiger partial charge in [0.2, 0.25) is 0 Å². The fourth-order valence-corrected chi connectivity index (χ4v) is 3.34. The molecule has 1 N–H and O–H groups in total. The van der Waals surface area contributed by atoms with Crippen molar-refractivity contribution in [1.82, 2.24) is 4.90 Å². The first kappa shape index (κ1) is 16.0. The summed E-state index contributed by atoms with van der Waals surface area (Å²) in [7, 11) is 0. The Morgan fingerprint density at radius 2 is 1.61 bits per heavy atom. The lowest BCUT2D eigenvalue weighted by Crippen LogP contribution is -2.37. The van der Waals surface area contributed by atoms with Crippen LogP contribution in [0.2, 0.25) is 0 Å². The first-order chi connectivity index (χ1) is 8.81. The Morgan fingerprint density at radius 1 is 1.06 bits per heavy atom. The number of rotatable bonds is 9. The summed E-state index contributed by atoms with van der Waals surface area (Å²) in [6.45, 7) is 8.22. The summed E-state index contributed by atoms with van der Waals surface area (Å²) in [4.78, 5) is 2.42. The van der Waals surface area contributed by atoms with Crippen LogP contribution in [-0.2, 0) is 0 Å². The lowest BCUT2D eigenvalue weighted by Gasteiger charge is -2.36. The van der Waals surface area contributed by atoms with Crippen LogP contribution in [0.5, 0.6) is 0 Å². The molecule has 18 heavy (non-hydrogen) atoms. The first-order valence-corrected chi connectivity index (χ1v) is 8.15. The van der Waals surface area contributed by atoms with Gasteiger partial charge in [0, 0.05) is 6.54 Å². The van der Waals surface area contributed by atoms with Crippen molar-refractivity contribution >= 4 is 0 Å². The minimum Gasteiger partial charge on any atom is -0.395 e. The van der Waals surface area contributed by atoms with Crippen molar-refractivity contribution < 1.29 is 5.11 Å². The van der Waals surface area contributed by atoms with Crippen molar-refractivity contribution in [3.05, 3.63) is 0 Å². The fraction of sp³-hybridized carbons (Fsp3) is 1.00. The second-order valence-electron chi connectivity index (χ2n) is 5.95. The summed E-state index contributed by atoms with van der Waals surface area (Å²) in [6, 6.07) is 0. The van der Waals surface area contributed by atoms with E-state index in [-0.39, 0.29) is 0 Å². The molecule has 2 heteroatoms. The zero-order valence-corrected chi connectivity index (χ0v) is 12.5. The first-order valence-electron chi connectivity index (χ1n) is 8.15. The van der Waals surface area contributed by atoms with E-state index in [0.29, 0.717) is 6.61 Å². The van der Waals surface area contributed by atoms with Crippen LogP contribution in [0, 0.1) is 11.8 Å². The van der Waals surface area contributed by atoms with Crippen molar-refractivity contribution in [2.24, 2.45) is 11.8 Å². The van der Waals surface area contributed by atoms with Crippen LogP contribution in [0.1, 0.15) is 65.2 Å². The van der Waals surface area contributed by atoms with E-state index in [1.807, 2.05) is 0 Å². The average molecular weight is 255 g/mol. The summed E-state index contributed by atoms with van der Waals surface area (Å²) >= 11 is 0. The molecule has 0 amide bonds. The maximum Gasteiger partial charge on any atom is 0.0558 e. The van der Waals surface area contributed by atoms with Gasteiger partial charge in [0.1, 0.15) is 0 Å². The van der Waals surface area contributed by atoms with Crippen LogP contribution in [0.4, 0.5) is 0 Å². The quantitative estimate of drug-likeness (QED) is 0.679. The number of aliphatic hydroxyl groups is 1. The highest BCUT2D eigenvalue weighted by Crippen LogP contribution is 2.32. The van der Waals surface area contributed by atoms with Crippen LogP contribution in [0.25, 0.3) is 0 Å². The van der Waals surface area contributed by atoms with Gasteiger partial charge >= 0.3 is 0 Å². The number of likely N-dealkylation sites (tertiary alicyclic amines) is 1. The van der Waals surface area contributed by atoms with Crippen molar-refractivity contribution in [2.45, 2.75) is 65.2 Å². The monoisotopic (exact) mass is 255 g/mol. The largest absolute Gasteiger partial charge is 0.395 e. The Balaban J connectivity index is 2.33. The standard InChI is InChI=1S/C16H33NO/c1-3-5-7-15(8-6-4-2)16-9-11-17(12-10-16)13-14-18/h15-16,18H,3-14H2,1-2H3. The van der Waals surface area contributed by atoms with Gasteiger partial charge in [0.25, 0.3) is 0 Å². The van der Waals surface area contributed by atoms with Crippen molar-refractivity contribution in [1.29, 1.82) is 0 Å². The molecule has 1 aliphatic rings. The SMILES string of the molecule is CCCCC(CCCC)C1CCN(CCO)CC1. The fourth-order valence-electron chi connectivity index (χ4n) is 3.34. The lowest BCUT2D eigenvalue weighted by molar-refractivity contribution is 0.116. The molecule has 1 saturated heterocycles. The number of piperidine rings is 1. The molecule has 0 bridgehead atoms. The summed E-state index contributed by atoms with van der Waals surface area (Å²) in [5, 5.41) is 8.98. The molecule has 0 unspecified atom stereocenters. The van der Waals surface area contributed by atoms with Crippen molar-refractivity contribution in [3.63, 3.8) is 0 Å². The van der Waals surface area contributed by atoms with E-state index in [1.165, 1.54) is 64.5 Å². The van der Waals surface area contributed by atoms with Crippen LogP contribution in [0.3, 0.4) is 0 Å². The van der Waals surface area contributed by atoms with Crippen molar-refractivity contribution in [2.75, 3.05) is 26.2 Å². The highest BCUT2D eigenvalue weighted by molar-refractivity contribution is 4.78. The van der Waals surface area contributed by atoms with E-state index in [9.17, 15) is 0 Å². The van der Waals surface area contributed by atoms with E-state index in [0.717, 1.165) is 18.4 Å². The predicted molar refractivity (Wildman–Crippen MR) is 78.8 cm³/mol. The van der Waals surface area contributed by atoms with Crippen LogP contribution >= 0.6 is 0 Å². The minimum absolute atomic E-state index is 0.319. The smallest absolute Gasteiger partial charge is 0.0558 e. The highest BCUT2D eigenvalue weighted by Gasteiger charge is 2.25. The van der Waals surface area contributed by atoms with Crippen LogP contribution < -0.4 is 0 Å². The van der Waals surface area contributed by atoms with E-state index in [2.05, 4.69) is 18.7 Å². The second-order valence-corrected chi connectivity index (χ2v) is 5.95. The van der Waals surface area contributed by atoms with Crippen molar-refractivity contribution in [3.8, 4) is 0 Å². The third-order valence-electron chi connectivity index (χ3n) is 4.57. The molecule has 0 aromatic rings. The van der Waals surface area contributed by atoms with Gasteiger partial charge in [0.15, 0.2) is 0 Å². The number of aliphatic hydroxyl groups excluding tert-OH is 1. The normalized spacial score (nSPS) is 18.7. The summed E-state index contributed by atoms with van der Waals surface area (Å²) < 4.78 is 0. The molecule has 0 aromatic carbocycles. The van der Waals surface area contributed by atoms with E-state index < -0.39 is 0 Å². The molecule has 108 valence electrons. The number of hydrogen-bond acceptors (Lipinski definition) is 2. The molecule has 2 nitrogen and oxygen atoms in total. The van der Waals surface area contributed by atoms with E-state index in [1.54, 1.807) is 0 Å². The average Bonchev–Trinajstić information content (AvgIpc) is 2.41. The number of nitrogens with zero attached hydrogens (tertiary/aromatic N) is 1. The van der Waals surface area contributed by atoms with E-state index >= 15 is 0 Å².